The number of carbonyl (C=O) groups is 1. The SMILES string of the molecule is CN(C(=O)c1cc(C2CC2)n(C2CCS(=O)(=O)C2)n1)c1ccccc1. The molecule has 2 heterocycles. The fourth-order valence-electron chi connectivity index (χ4n) is 3.40. The van der Waals surface area contributed by atoms with E-state index < -0.39 is 9.84 Å². The molecule has 1 aliphatic heterocycles. The van der Waals surface area contributed by atoms with Gasteiger partial charge in [-0.3, -0.25) is 9.48 Å². The van der Waals surface area contributed by atoms with E-state index in [-0.39, 0.29) is 23.5 Å². The van der Waals surface area contributed by atoms with Crippen molar-refractivity contribution in [1.29, 1.82) is 0 Å². The predicted octanol–water partition coefficient (Wildman–Crippen LogP) is 2.40. The third-order valence-electron chi connectivity index (χ3n) is 4.98. The Morgan fingerprint density at radius 2 is 1.92 bits per heavy atom. The van der Waals surface area contributed by atoms with Crippen LogP contribution in [0.15, 0.2) is 36.4 Å². The van der Waals surface area contributed by atoms with Gasteiger partial charge in [0, 0.05) is 24.3 Å². The summed E-state index contributed by atoms with van der Waals surface area (Å²) in [5, 5.41) is 4.53. The molecule has 1 aromatic carbocycles. The van der Waals surface area contributed by atoms with Crippen molar-refractivity contribution >= 4 is 21.4 Å². The lowest BCUT2D eigenvalue weighted by Gasteiger charge is -2.16. The number of sulfone groups is 1. The molecule has 1 aliphatic carbocycles. The topological polar surface area (TPSA) is 72.3 Å². The molecule has 132 valence electrons. The molecule has 2 fully saturated rings. The van der Waals surface area contributed by atoms with E-state index in [9.17, 15) is 13.2 Å². The highest BCUT2D eigenvalue weighted by Crippen LogP contribution is 2.42. The van der Waals surface area contributed by atoms with Crippen molar-refractivity contribution in [2.75, 3.05) is 23.5 Å². The highest BCUT2D eigenvalue weighted by molar-refractivity contribution is 7.91. The van der Waals surface area contributed by atoms with Crippen LogP contribution in [0.1, 0.15) is 47.4 Å². The number of carbonyl (C=O) groups excluding carboxylic acids is 1. The van der Waals surface area contributed by atoms with Crippen LogP contribution < -0.4 is 4.90 Å². The lowest BCUT2D eigenvalue weighted by Crippen LogP contribution is -2.27. The van der Waals surface area contributed by atoms with Crippen LogP contribution in [0.3, 0.4) is 0 Å². The molecule has 6 nitrogen and oxygen atoms in total. The predicted molar refractivity (Wildman–Crippen MR) is 95.7 cm³/mol. The maximum Gasteiger partial charge on any atom is 0.278 e. The van der Waals surface area contributed by atoms with Gasteiger partial charge in [0.25, 0.3) is 5.91 Å². The zero-order valence-corrected chi connectivity index (χ0v) is 14.9. The first kappa shape index (κ1) is 16.3. The molecular weight excluding hydrogens is 338 g/mol. The Hall–Kier alpha value is -2.15. The number of anilines is 1. The maximum atomic E-state index is 12.8. The monoisotopic (exact) mass is 359 g/mol. The number of para-hydroxylation sites is 1. The lowest BCUT2D eigenvalue weighted by molar-refractivity contribution is 0.0987. The van der Waals surface area contributed by atoms with Crippen LogP contribution in [0.5, 0.6) is 0 Å². The van der Waals surface area contributed by atoms with Gasteiger partial charge in [-0.1, -0.05) is 18.2 Å². The zero-order valence-electron chi connectivity index (χ0n) is 14.1. The summed E-state index contributed by atoms with van der Waals surface area (Å²) in [4.78, 5) is 14.4. The summed E-state index contributed by atoms with van der Waals surface area (Å²) in [6.07, 6.45) is 2.73. The summed E-state index contributed by atoms with van der Waals surface area (Å²) in [5.41, 5.74) is 2.20. The molecule has 1 amide bonds. The Balaban J connectivity index is 1.65. The second-order valence-corrected chi connectivity index (χ2v) is 9.16. The normalized spacial score (nSPS) is 22.0. The van der Waals surface area contributed by atoms with Gasteiger partial charge < -0.3 is 4.90 Å². The molecule has 0 spiro atoms. The highest BCUT2D eigenvalue weighted by Gasteiger charge is 2.36. The highest BCUT2D eigenvalue weighted by atomic mass is 32.2. The van der Waals surface area contributed by atoms with Crippen molar-refractivity contribution in [1.82, 2.24) is 9.78 Å². The molecule has 0 N–H and O–H groups in total. The van der Waals surface area contributed by atoms with E-state index in [2.05, 4.69) is 5.10 Å². The summed E-state index contributed by atoms with van der Waals surface area (Å²) < 4.78 is 25.5. The van der Waals surface area contributed by atoms with Gasteiger partial charge in [-0.05, 0) is 37.5 Å². The second-order valence-electron chi connectivity index (χ2n) is 6.93. The van der Waals surface area contributed by atoms with Crippen LogP contribution in [-0.4, -0.2) is 42.7 Å². The molecule has 0 radical (unpaired) electrons. The van der Waals surface area contributed by atoms with Crippen molar-refractivity contribution in [2.24, 2.45) is 0 Å². The van der Waals surface area contributed by atoms with Crippen LogP contribution >= 0.6 is 0 Å². The Morgan fingerprint density at radius 3 is 2.52 bits per heavy atom. The fraction of sp³-hybridized carbons (Fsp3) is 0.444. The second kappa shape index (κ2) is 5.98. The van der Waals surface area contributed by atoms with E-state index in [0.717, 1.165) is 24.2 Å². The molecule has 2 aromatic rings. The van der Waals surface area contributed by atoms with Gasteiger partial charge in [0.2, 0.25) is 0 Å². The van der Waals surface area contributed by atoms with Crippen molar-refractivity contribution in [3.8, 4) is 0 Å². The van der Waals surface area contributed by atoms with Gasteiger partial charge in [0.15, 0.2) is 15.5 Å². The standard InChI is InChI=1S/C18H21N3O3S/c1-20(14-5-3-2-4-6-14)18(22)16-11-17(13-7-8-13)21(19-16)15-9-10-25(23,24)12-15/h2-6,11,13,15H,7-10,12H2,1H3. The molecule has 1 saturated heterocycles. The Morgan fingerprint density at radius 1 is 1.20 bits per heavy atom. The molecule has 25 heavy (non-hydrogen) atoms. The molecule has 1 unspecified atom stereocenters. The molecule has 1 aromatic heterocycles. The van der Waals surface area contributed by atoms with Crippen molar-refractivity contribution in [3.63, 3.8) is 0 Å². The van der Waals surface area contributed by atoms with E-state index in [0.29, 0.717) is 18.0 Å². The van der Waals surface area contributed by atoms with E-state index in [1.165, 1.54) is 0 Å². The van der Waals surface area contributed by atoms with E-state index in [1.807, 2.05) is 41.1 Å². The number of nitrogens with zero attached hydrogens (tertiary/aromatic N) is 3. The lowest BCUT2D eigenvalue weighted by atomic mass is 10.2. The fourth-order valence-corrected chi connectivity index (χ4v) is 5.09. The van der Waals surface area contributed by atoms with E-state index in [4.69, 9.17) is 0 Å². The van der Waals surface area contributed by atoms with Crippen LogP contribution in [0.4, 0.5) is 5.69 Å². The van der Waals surface area contributed by atoms with Crippen LogP contribution in [0.25, 0.3) is 0 Å². The number of rotatable bonds is 4. The van der Waals surface area contributed by atoms with Gasteiger partial charge >= 0.3 is 0 Å². The van der Waals surface area contributed by atoms with Crippen molar-refractivity contribution in [2.45, 2.75) is 31.2 Å². The average Bonchev–Trinajstić information content (AvgIpc) is 3.26. The summed E-state index contributed by atoms with van der Waals surface area (Å²) in [6, 6.07) is 11.1. The maximum absolute atomic E-state index is 12.8. The summed E-state index contributed by atoms with van der Waals surface area (Å²) in [7, 11) is -1.26. The van der Waals surface area contributed by atoms with Crippen LogP contribution in [0, 0.1) is 0 Å². The van der Waals surface area contributed by atoms with Crippen molar-refractivity contribution in [3.05, 3.63) is 47.8 Å². The molecule has 4 rings (SSSR count). The largest absolute Gasteiger partial charge is 0.310 e. The van der Waals surface area contributed by atoms with Crippen molar-refractivity contribution < 1.29 is 13.2 Å². The Bertz CT molecular complexity index is 901. The van der Waals surface area contributed by atoms with E-state index >= 15 is 0 Å². The molecular formula is C18H21N3O3S. The molecule has 0 bridgehead atoms. The first-order chi connectivity index (χ1) is 11.9. The van der Waals surface area contributed by atoms with Gasteiger partial charge in [0.05, 0.1) is 17.5 Å². The minimum absolute atomic E-state index is 0.122. The third-order valence-corrected chi connectivity index (χ3v) is 6.73. The number of hydrogen-bond donors (Lipinski definition) is 0. The number of aromatic nitrogens is 2. The first-order valence-electron chi connectivity index (χ1n) is 8.57. The smallest absolute Gasteiger partial charge is 0.278 e. The minimum Gasteiger partial charge on any atom is -0.310 e. The summed E-state index contributed by atoms with van der Waals surface area (Å²) in [5.74, 6) is 0.554. The minimum atomic E-state index is -2.99. The summed E-state index contributed by atoms with van der Waals surface area (Å²) >= 11 is 0. The first-order valence-corrected chi connectivity index (χ1v) is 10.4. The zero-order chi connectivity index (χ0) is 17.6. The Labute approximate surface area is 147 Å². The molecule has 7 heteroatoms. The molecule has 1 saturated carbocycles. The van der Waals surface area contributed by atoms with Crippen LogP contribution in [-0.2, 0) is 9.84 Å². The quantitative estimate of drug-likeness (QED) is 0.840. The average molecular weight is 359 g/mol. The molecule has 1 atom stereocenters. The number of benzene rings is 1. The Kier molecular flexibility index (Phi) is 3.91. The third kappa shape index (κ3) is 3.20. The van der Waals surface area contributed by atoms with E-state index in [1.54, 1.807) is 11.9 Å². The molecule has 2 aliphatic rings. The van der Waals surface area contributed by atoms with Gasteiger partial charge in [0.1, 0.15) is 0 Å². The van der Waals surface area contributed by atoms with Gasteiger partial charge in [-0.15, -0.1) is 0 Å². The van der Waals surface area contributed by atoms with Gasteiger partial charge in [-0.25, -0.2) is 8.42 Å². The number of hydrogen-bond acceptors (Lipinski definition) is 4. The summed E-state index contributed by atoms with van der Waals surface area (Å²) in [6.45, 7) is 0. The number of amides is 1. The van der Waals surface area contributed by atoms with Crippen LogP contribution in [0.2, 0.25) is 0 Å². The van der Waals surface area contributed by atoms with Gasteiger partial charge in [-0.2, -0.15) is 5.10 Å².